The van der Waals surface area contributed by atoms with Crippen molar-refractivity contribution >= 4 is 35.6 Å². The lowest BCUT2D eigenvalue weighted by atomic mass is 10.1. The van der Waals surface area contributed by atoms with Gasteiger partial charge in [0.25, 0.3) is 0 Å². The predicted molar refractivity (Wildman–Crippen MR) is 72.9 cm³/mol. The molecule has 1 atom stereocenters. The second-order valence-electron chi connectivity index (χ2n) is 3.55. The van der Waals surface area contributed by atoms with Crippen LogP contribution in [0.5, 0.6) is 0 Å². The Kier molecular flexibility index (Phi) is 4.83. The molecule has 0 spiro atoms. The number of nitrogens with two attached hydrogens (primary N) is 1. The van der Waals surface area contributed by atoms with E-state index in [9.17, 15) is 0 Å². The maximum Gasteiger partial charge on any atom is 0.129 e. The second-order valence-corrected chi connectivity index (χ2v) is 4.36. The second kappa shape index (κ2) is 5.74. The van der Waals surface area contributed by atoms with Gasteiger partial charge in [-0.05, 0) is 17.7 Å². The minimum Gasteiger partial charge on any atom is -0.336 e. The van der Waals surface area contributed by atoms with E-state index in [1.165, 1.54) is 0 Å². The molecule has 92 valence electrons. The summed E-state index contributed by atoms with van der Waals surface area (Å²) in [6, 6.07) is 5.06. The zero-order valence-electron chi connectivity index (χ0n) is 9.10. The van der Waals surface area contributed by atoms with Gasteiger partial charge in [-0.25, -0.2) is 4.98 Å². The standard InChI is InChI=1S/C11H11Cl2N3.ClH/c1-16-5-4-15-11(16)10(14)7-2-3-8(12)9(13)6-7;/h2-6,10H,14H2,1H3;1H. The molecule has 0 amide bonds. The summed E-state index contributed by atoms with van der Waals surface area (Å²) in [6.45, 7) is 0. The average Bonchev–Trinajstić information content (AvgIpc) is 2.67. The van der Waals surface area contributed by atoms with Crippen LogP contribution in [0.1, 0.15) is 17.4 Å². The van der Waals surface area contributed by atoms with Gasteiger partial charge in [-0.2, -0.15) is 0 Å². The number of nitrogens with zero attached hydrogens (tertiary/aromatic N) is 2. The number of aromatic nitrogens is 2. The Morgan fingerprint density at radius 1 is 1.29 bits per heavy atom. The molecule has 2 rings (SSSR count). The summed E-state index contributed by atoms with van der Waals surface area (Å²) >= 11 is 11.8. The zero-order chi connectivity index (χ0) is 11.7. The van der Waals surface area contributed by atoms with Gasteiger partial charge in [-0.3, -0.25) is 0 Å². The van der Waals surface area contributed by atoms with Gasteiger partial charge in [-0.15, -0.1) is 12.4 Å². The molecule has 3 nitrogen and oxygen atoms in total. The monoisotopic (exact) mass is 291 g/mol. The number of imidazole rings is 1. The largest absolute Gasteiger partial charge is 0.336 e. The van der Waals surface area contributed by atoms with Crippen molar-refractivity contribution in [2.45, 2.75) is 6.04 Å². The first-order chi connectivity index (χ1) is 7.59. The van der Waals surface area contributed by atoms with Crippen LogP contribution in [0, 0.1) is 0 Å². The van der Waals surface area contributed by atoms with Crippen LogP contribution in [-0.4, -0.2) is 9.55 Å². The van der Waals surface area contributed by atoms with E-state index in [0.717, 1.165) is 11.4 Å². The van der Waals surface area contributed by atoms with Gasteiger partial charge in [0.15, 0.2) is 0 Å². The Hall–Kier alpha value is -0.740. The minimum atomic E-state index is -0.297. The molecule has 0 saturated carbocycles. The van der Waals surface area contributed by atoms with Gasteiger partial charge in [0, 0.05) is 19.4 Å². The van der Waals surface area contributed by atoms with E-state index in [1.54, 1.807) is 18.3 Å². The van der Waals surface area contributed by atoms with Crippen molar-refractivity contribution < 1.29 is 0 Å². The van der Waals surface area contributed by atoms with Crippen molar-refractivity contribution in [3.63, 3.8) is 0 Å². The highest BCUT2D eigenvalue weighted by Gasteiger charge is 2.14. The topological polar surface area (TPSA) is 43.8 Å². The lowest BCUT2D eigenvalue weighted by Gasteiger charge is -2.12. The van der Waals surface area contributed by atoms with Gasteiger partial charge >= 0.3 is 0 Å². The summed E-state index contributed by atoms with van der Waals surface area (Å²) in [5, 5.41) is 1.03. The molecule has 0 radical (unpaired) electrons. The molecule has 6 heteroatoms. The molecule has 0 bridgehead atoms. The number of halogens is 3. The fourth-order valence-electron chi connectivity index (χ4n) is 1.53. The van der Waals surface area contributed by atoms with E-state index in [-0.39, 0.29) is 18.4 Å². The Balaban J connectivity index is 0.00000144. The highest BCUT2D eigenvalue weighted by Crippen LogP contribution is 2.26. The smallest absolute Gasteiger partial charge is 0.129 e. The minimum absolute atomic E-state index is 0. The number of benzene rings is 1. The first-order valence-corrected chi connectivity index (χ1v) is 5.53. The lowest BCUT2D eigenvalue weighted by Crippen LogP contribution is -2.16. The number of hydrogen-bond donors (Lipinski definition) is 1. The maximum atomic E-state index is 6.10. The predicted octanol–water partition coefficient (Wildman–Crippen LogP) is 3.20. The number of aryl methyl sites for hydroxylation is 1. The molecule has 0 aliphatic rings. The number of hydrogen-bond acceptors (Lipinski definition) is 2. The van der Waals surface area contributed by atoms with Crippen molar-refractivity contribution in [1.29, 1.82) is 0 Å². The molecular formula is C11H12Cl3N3. The first kappa shape index (κ1) is 14.3. The summed E-state index contributed by atoms with van der Waals surface area (Å²) in [5.41, 5.74) is 6.99. The Bertz CT molecular complexity index is 510. The van der Waals surface area contributed by atoms with Gasteiger partial charge in [0.1, 0.15) is 5.82 Å². The van der Waals surface area contributed by atoms with Crippen LogP contribution >= 0.6 is 35.6 Å². The van der Waals surface area contributed by atoms with Crippen molar-refractivity contribution in [3.8, 4) is 0 Å². The molecule has 17 heavy (non-hydrogen) atoms. The molecule has 0 fully saturated rings. The summed E-state index contributed by atoms with van der Waals surface area (Å²) in [5.74, 6) is 0.790. The van der Waals surface area contributed by atoms with Crippen LogP contribution in [0.4, 0.5) is 0 Å². The molecule has 1 unspecified atom stereocenters. The lowest BCUT2D eigenvalue weighted by molar-refractivity contribution is 0.717. The Morgan fingerprint density at radius 2 is 2.00 bits per heavy atom. The number of rotatable bonds is 2. The van der Waals surface area contributed by atoms with Gasteiger partial charge in [0.2, 0.25) is 0 Å². The maximum absolute atomic E-state index is 6.10. The van der Waals surface area contributed by atoms with Crippen molar-refractivity contribution in [2.75, 3.05) is 0 Å². The van der Waals surface area contributed by atoms with Crippen LogP contribution < -0.4 is 5.73 Å². The normalized spacial score (nSPS) is 12.0. The van der Waals surface area contributed by atoms with E-state index < -0.39 is 0 Å². The third-order valence-corrected chi connectivity index (χ3v) is 3.18. The van der Waals surface area contributed by atoms with Crippen LogP contribution in [0.3, 0.4) is 0 Å². The SMILES string of the molecule is Cl.Cn1ccnc1C(N)c1ccc(Cl)c(Cl)c1. The molecule has 1 heterocycles. The highest BCUT2D eigenvalue weighted by atomic mass is 35.5. The van der Waals surface area contributed by atoms with Crippen molar-refractivity contribution in [2.24, 2.45) is 12.8 Å². The van der Waals surface area contributed by atoms with Crippen LogP contribution in [0.25, 0.3) is 0 Å². The van der Waals surface area contributed by atoms with Gasteiger partial charge in [0.05, 0.1) is 16.1 Å². The Morgan fingerprint density at radius 3 is 2.53 bits per heavy atom. The molecule has 2 N–H and O–H groups in total. The average molecular weight is 293 g/mol. The highest BCUT2D eigenvalue weighted by molar-refractivity contribution is 6.42. The van der Waals surface area contributed by atoms with E-state index in [1.807, 2.05) is 23.9 Å². The van der Waals surface area contributed by atoms with Crippen molar-refractivity contribution in [3.05, 3.63) is 52.0 Å². The van der Waals surface area contributed by atoms with Crippen LogP contribution in [0.15, 0.2) is 30.6 Å². The van der Waals surface area contributed by atoms with E-state index >= 15 is 0 Å². The third kappa shape index (κ3) is 2.93. The van der Waals surface area contributed by atoms with Crippen molar-refractivity contribution in [1.82, 2.24) is 9.55 Å². The molecule has 2 aromatic rings. The molecule has 0 saturated heterocycles. The summed E-state index contributed by atoms with van der Waals surface area (Å²) in [7, 11) is 1.90. The third-order valence-electron chi connectivity index (χ3n) is 2.44. The molecule has 0 aliphatic carbocycles. The zero-order valence-corrected chi connectivity index (χ0v) is 11.4. The van der Waals surface area contributed by atoms with E-state index in [0.29, 0.717) is 10.0 Å². The van der Waals surface area contributed by atoms with E-state index in [4.69, 9.17) is 28.9 Å². The molecule has 1 aromatic carbocycles. The van der Waals surface area contributed by atoms with E-state index in [2.05, 4.69) is 4.98 Å². The van der Waals surface area contributed by atoms with Gasteiger partial charge in [-0.1, -0.05) is 29.3 Å². The first-order valence-electron chi connectivity index (χ1n) is 4.77. The summed E-state index contributed by atoms with van der Waals surface area (Å²) in [6.07, 6.45) is 3.57. The molecular weight excluding hydrogens is 281 g/mol. The fraction of sp³-hybridized carbons (Fsp3) is 0.182. The fourth-order valence-corrected chi connectivity index (χ4v) is 1.84. The Labute approximate surface area is 116 Å². The molecule has 0 aliphatic heterocycles. The quantitative estimate of drug-likeness (QED) is 0.924. The van der Waals surface area contributed by atoms with Crippen LogP contribution in [0.2, 0.25) is 10.0 Å². The molecule has 1 aromatic heterocycles. The summed E-state index contributed by atoms with van der Waals surface area (Å²) < 4.78 is 1.88. The summed E-state index contributed by atoms with van der Waals surface area (Å²) in [4.78, 5) is 4.21. The van der Waals surface area contributed by atoms with Gasteiger partial charge < -0.3 is 10.3 Å². The van der Waals surface area contributed by atoms with Crippen LogP contribution in [-0.2, 0) is 7.05 Å².